The van der Waals surface area contributed by atoms with Gasteiger partial charge in [-0.2, -0.15) is 5.10 Å². The van der Waals surface area contributed by atoms with Gasteiger partial charge in [0, 0.05) is 16.8 Å². The van der Waals surface area contributed by atoms with E-state index in [1.165, 1.54) is 23.5 Å². The molecule has 0 aliphatic rings. The third-order valence-electron chi connectivity index (χ3n) is 4.28. The molecule has 0 spiro atoms. The van der Waals surface area contributed by atoms with E-state index in [0.29, 0.717) is 34.5 Å². The molecule has 0 atom stereocenters. The van der Waals surface area contributed by atoms with Crippen molar-refractivity contribution in [2.45, 2.75) is 13.2 Å². The summed E-state index contributed by atoms with van der Waals surface area (Å²) in [5.41, 5.74) is 2.41. The number of carbonyl (C=O) groups excluding carboxylic acids is 1. The number of rotatable bonds is 7. The van der Waals surface area contributed by atoms with E-state index in [4.69, 9.17) is 16.3 Å². The number of benzene rings is 2. The van der Waals surface area contributed by atoms with Crippen LogP contribution in [0.5, 0.6) is 5.75 Å². The normalized spacial score (nSPS) is 10.7. The first-order valence-electron chi connectivity index (χ1n) is 9.10. The van der Waals surface area contributed by atoms with Crippen LogP contribution in [0.4, 0.5) is 10.1 Å². The zero-order chi connectivity index (χ0) is 20.9. The number of aromatic nitrogens is 2. The van der Waals surface area contributed by atoms with Crippen molar-refractivity contribution in [3.63, 3.8) is 0 Å². The highest BCUT2D eigenvalue weighted by Crippen LogP contribution is 2.20. The third-order valence-corrected chi connectivity index (χ3v) is 5.62. The van der Waals surface area contributed by atoms with Gasteiger partial charge in [0.05, 0.1) is 23.3 Å². The predicted molar refractivity (Wildman–Crippen MR) is 116 cm³/mol. The first kappa shape index (κ1) is 20.1. The zero-order valence-electron chi connectivity index (χ0n) is 15.7. The molecule has 0 bridgehead atoms. The molecule has 5 nitrogen and oxygen atoms in total. The molecule has 0 unspecified atom stereocenters. The number of halogens is 2. The van der Waals surface area contributed by atoms with Crippen LogP contribution >= 0.6 is 22.9 Å². The van der Waals surface area contributed by atoms with Crippen molar-refractivity contribution in [3.05, 3.63) is 99.2 Å². The lowest BCUT2D eigenvalue weighted by molar-refractivity contribution is 0.103. The largest absolute Gasteiger partial charge is 0.489 e. The van der Waals surface area contributed by atoms with Crippen molar-refractivity contribution in [3.8, 4) is 5.75 Å². The van der Waals surface area contributed by atoms with E-state index in [2.05, 4.69) is 10.4 Å². The molecule has 152 valence electrons. The van der Waals surface area contributed by atoms with Crippen molar-refractivity contribution in [2.24, 2.45) is 0 Å². The second kappa shape index (κ2) is 9.11. The van der Waals surface area contributed by atoms with Gasteiger partial charge in [0.15, 0.2) is 0 Å². The number of anilines is 1. The fraction of sp³-hybridized carbons (Fsp3) is 0.0909. The van der Waals surface area contributed by atoms with E-state index in [9.17, 15) is 9.18 Å². The minimum Gasteiger partial charge on any atom is -0.489 e. The van der Waals surface area contributed by atoms with Crippen LogP contribution < -0.4 is 10.1 Å². The molecule has 0 radical (unpaired) electrons. The summed E-state index contributed by atoms with van der Waals surface area (Å²) < 4.78 is 20.3. The summed E-state index contributed by atoms with van der Waals surface area (Å²) in [7, 11) is 0. The lowest BCUT2D eigenvalue weighted by Crippen LogP contribution is -2.09. The molecule has 30 heavy (non-hydrogen) atoms. The van der Waals surface area contributed by atoms with Crippen LogP contribution in [0.1, 0.15) is 20.8 Å². The second-order valence-electron chi connectivity index (χ2n) is 6.53. The topological polar surface area (TPSA) is 56.2 Å². The lowest BCUT2D eigenvalue weighted by atomic mass is 10.2. The van der Waals surface area contributed by atoms with Gasteiger partial charge in [0.2, 0.25) is 0 Å². The molecule has 0 aliphatic heterocycles. The monoisotopic (exact) mass is 441 g/mol. The number of nitrogens with one attached hydrogen (secondary N) is 1. The predicted octanol–water partition coefficient (Wildman–Crippen LogP) is 5.62. The molecule has 0 saturated carbocycles. The summed E-state index contributed by atoms with van der Waals surface area (Å²) in [6.45, 7) is 0.810. The maximum absolute atomic E-state index is 12.9. The number of carbonyl (C=O) groups is 1. The van der Waals surface area contributed by atoms with Gasteiger partial charge in [0.25, 0.3) is 5.91 Å². The Balaban J connectivity index is 1.34. The van der Waals surface area contributed by atoms with Crippen LogP contribution in [0.25, 0.3) is 0 Å². The Morgan fingerprint density at radius 1 is 1.20 bits per heavy atom. The number of thiophene rings is 1. The van der Waals surface area contributed by atoms with Crippen LogP contribution in [-0.4, -0.2) is 15.7 Å². The Labute approximate surface area is 181 Å². The number of amides is 1. The van der Waals surface area contributed by atoms with Crippen LogP contribution in [0.15, 0.2) is 72.4 Å². The number of hydrogen-bond acceptors (Lipinski definition) is 4. The lowest BCUT2D eigenvalue weighted by Gasteiger charge is -2.04. The van der Waals surface area contributed by atoms with E-state index < -0.39 is 0 Å². The van der Waals surface area contributed by atoms with Gasteiger partial charge < -0.3 is 10.1 Å². The summed E-state index contributed by atoms with van der Waals surface area (Å²) in [6, 6.07) is 15.1. The number of nitrogens with zero attached hydrogens (tertiary/aromatic N) is 2. The van der Waals surface area contributed by atoms with Crippen LogP contribution in [0, 0.1) is 5.82 Å². The van der Waals surface area contributed by atoms with Gasteiger partial charge in [-0.25, -0.2) is 4.39 Å². The molecule has 2 heterocycles. The molecular weight excluding hydrogens is 425 g/mol. The van der Waals surface area contributed by atoms with Gasteiger partial charge in [0.1, 0.15) is 18.2 Å². The average molecular weight is 442 g/mol. The van der Waals surface area contributed by atoms with Crippen molar-refractivity contribution < 1.29 is 13.9 Å². The molecule has 1 N–H and O–H groups in total. The first-order valence-corrected chi connectivity index (χ1v) is 10.4. The van der Waals surface area contributed by atoms with Gasteiger partial charge >= 0.3 is 0 Å². The van der Waals surface area contributed by atoms with Crippen molar-refractivity contribution >= 4 is 34.5 Å². The molecule has 0 fully saturated rings. The third kappa shape index (κ3) is 5.06. The van der Waals surface area contributed by atoms with Gasteiger partial charge in [-0.05, 0) is 47.3 Å². The van der Waals surface area contributed by atoms with Gasteiger partial charge in [-0.3, -0.25) is 9.48 Å². The second-order valence-corrected chi connectivity index (χ2v) is 7.85. The van der Waals surface area contributed by atoms with Gasteiger partial charge in [-0.1, -0.05) is 29.8 Å². The molecule has 2 aromatic carbocycles. The van der Waals surface area contributed by atoms with E-state index in [1.807, 2.05) is 29.6 Å². The Kier molecular flexibility index (Phi) is 6.11. The Hall–Kier alpha value is -3.16. The maximum atomic E-state index is 12.9. The van der Waals surface area contributed by atoms with E-state index in [1.54, 1.807) is 35.3 Å². The van der Waals surface area contributed by atoms with E-state index in [0.717, 1.165) is 11.1 Å². The van der Waals surface area contributed by atoms with Crippen LogP contribution in [0.2, 0.25) is 5.02 Å². The van der Waals surface area contributed by atoms with Crippen LogP contribution in [-0.2, 0) is 13.2 Å². The summed E-state index contributed by atoms with van der Waals surface area (Å²) in [5.74, 6) is 0.0388. The first-order chi connectivity index (χ1) is 14.6. The molecule has 4 aromatic rings. The average Bonchev–Trinajstić information content (AvgIpc) is 3.39. The quantitative estimate of drug-likeness (QED) is 0.405. The Morgan fingerprint density at radius 3 is 2.80 bits per heavy atom. The minimum absolute atomic E-state index is 0.217. The Bertz CT molecular complexity index is 1160. The highest BCUT2D eigenvalue weighted by molar-refractivity contribution is 7.12. The molecule has 2 aromatic heterocycles. The summed E-state index contributed by atoms with van der Waals surface area (Å²) in [6.07, 6.45) is 3.36. The molecule has 0 saturated heterocycles. The number of hydrogen-bond donors (Lipinski definition) is 1. The van der Waals surface area contributed by atoms with E-state index in [-0.39, 0.29) is 11.7 Å². The smallest absolute Gasteiger partial charge is 0.265 e. The molecule has 0 aliphatic carbocycles. The highest BCUT2D eigenvalue weighted by Gasteiger charge is 2.12. The van der Waals surface area contributed by atoms with E-state index >= 15 is 0 Å². The maximum Gasteiger partial charge on any atom is 0.265 e. The fourth-order valence-electron chi connectivity index (χ4n) is 2.78. The van der Waals surface area contributed by atoms with Gasteiger partial charge in [-0.15, -0.1) is 11.3 Å². The van der Waals surface area contributed by atoms with Crippen molar-refractivity contribution in [2.75, 3.05) is 5.32 Å². The standard InChI is InChI=1S/C22H17ClFN3O2S/c23-20-4-2-1-3-16(20)11-27-12-18(10-25-27)26-22(28)21-9-15(14-30-21)13-29-19-7-5-17(24)6-8-19/h1-10,12,14H,11,13H2,(H,26,28). The molecule has 4 rings (SSSR count). The summed E-state index contributed by atoms with van der Waals surface area (Å²) in [4.78, 5) is 13.1. The summed E-state index contributed by atoms with van der Waals surface area (Å²) >= 11 is 7.51. The molecular formula is C22H17ClFN3O2S. The minimum atomic E-state index is -0.313. The van der Waals surface area contributed by atoms with Crippen molar-refractivity contribution in [1.29, 1.82) is 0 Å². The summed E-state index contributed by atoms with van der Waals surface area (Å²) in [5, 5.41) is 9.65. The molecule has 8 heteroatoms. The fourth-order valence-corrected chi connectivity index (χ4v) is 3.76. The zero-order valence-corrected chi connectivity index (χ0v) is 17.3. The number of ether oxygens (including phenoxy) is 1. The highest BCUT2D eigenvalue weighted by atomic mass is 35.5. The van der Waals surface area contributed by atoms with Crippen LogP contribution in [0.3, 0.4) is 0 Å². The van der Waals surface area contributed by atoms with Crippen molar-refractivity contribution in [1.82, 2.24) is 9.78 Å². The Morgan fingerprint density at radius 2 is 2.00 bits per heavy atom. The molecule has 1 amide bonds. The SMILES string of the molecule is O=C(Nc1cnn(Cc2ccccc2Cl)c1)c1cc(COc2ccc(F)cc2)cs1.